The van der Waals surface area contributed by atoms with E-state index in [0.29, 0.717) is 18.9 Å². The fraction of sp³-hybridized carbons (Fsp3) is 0.889. The molecule has 0 spiro atoms. The zero-order chi connectivity index (χ0) is 18.3. The first-order chi connectivity index (χ1) is 11.1. The van der Waals surface area contributed by atoms with E-state index in [1.54, 1.807) is 0 Å². The molecule has 0 heterocycles. The number of rotatable bonds is 10. The minimum Gasteiger partial charge on any atom is -0.480 e. The SMILES string of the molecule is CCCCC(C(=O)O)N(CC1CC1)CC(C)NC(=O)OC(C)(C)C. The van der Waals surface area contributed by atoms with Crippen molar-refractivity contribution in [2.24, 2.45) is 5.92 Å². The summed E-state index contributed by atoms with van der Waals surface area (Å²) in [5, 5.41) is 12.4. The van der Waals surface area contributed by atoms with E-state index in [-0.39, 0.29) is 6.04 Å². The number of ether oxygens (including phenoxy) is 1. The van der Waals surface area contributed by atoms with Crippen molar-refractivity contribution in [1.82, 2.24) is 10.2 Å². The predicted molar refractivity (Wildman–Crippen MR) is 94.1 cm³/mol. The Balaban J connectivity index is 2.62. The number of carboxylic acids is 1. The Labute approximate surface area is 145 Å². The first kappa shape index (κ1) is 20.7. The van der Waals surface area contributed by atoms with Gasteiger partial charge in [0.1, 0.15) is 11.6 Å². The topological polar surface area (TPSA) is 78.9 Å². The summed E-state index contributed by atoms with van der Waals surface area (Å²) < 4.78 is 5.27. The summed E-state index contributed by atoms with van der Waals surface area (Å²) >= 11 is 0. The Morgan fingerprint density at radius 2 is 1.96 bits per heavy atom. The zero-order valence-corrected chi connectivity index (χ0v) is 15.8. The number of hydrogen-bond donors (Lipinski definition) is 2. The van der Waals surface area contributed by atoms with Gasteiger partial charge in [-0.25, -0.2) is 4.79 Å². The number of amides is 1. The van der Waals surface area contributed by atoms with Crippen molar-refractivity contribution < 1.29 is 19.4 Å². The molecule has 1 saturated carbocycles. The summed E-state index contributed by atoms with van der Waals surface area (Å²) in [6.07, 6.45) is 4.41. The molecule has 0 aromatic rings. The van der Waals surface area contributed by atoms with Crippen molar-refractivity contribution in [1.29, 1.82) is 0 Å². The van der Waals surface area contributed by atoms with Gasteiger partial charge in [-0.3, -0.25) is 9.69 Å². The van der Waals surface area contributed by atoms with E-state index in [4.69, 9.17) is 4.74 Å². The summed E-state index contributed by atoms with van der Waals surface area (Å²) in [4.78, 5) is 25.6. The van der Waals surface area contributed by atoms with Crippen molar-refractivity contribution in [3.8, 4) is 0 Å². The van der Waals surface area contributed by atoms with Crippen LogP contribution in [0.1, 0.15) is 66.7 Å². The van der Waals surface area contributed by atoms with Crippen LogP contribution in [0.5, 0.6) is 0 Å². The van der Waals surface area contributed by atoms with Gasteiger partial charge in [0.2, 0.25) is 0 Å². The van der Waals surface area contributed by atoms with Gasteiger partial charge in [0.25, 0.3) is 0 Å². The maximum Gasteiger partial charge on any atom is 0.407 e. The largest absolute Gasteiger partial charge is 0.480 e. The van der Waals surface area contributed by atoms with Crippen LogP contribution in [0.25, 0.3) is 0 Å². The molecule has 1 aliphatic carbocycles. The number of nitrogens with one attached hydrogen (secondary N) is 1. The molecule has 1 fully saturated rings. The van der Waals surface area contributed by atoms with Crippen molar-refractivity contribution in [3.05, 3.63) is 0 Å². The molecule has 2 atom stereocenters. The van der Waals surface area contributed by atoms with Gasteiger partial charge in [-0.05, 0) is 52.9 Å². The molecule has 6 nitrogen and oxygen atoms in total. The molecule has 24 heavy (non-hydrogen) atoms. The van der Waals surface area contributed by atoms with Gasteiger partial charge in [-0.2, -0.15) is 0 Å². The lowest BCUT2D eigenvalue weighted by atomic mass is 10.1. The molecule has 0 bridgehead atoms. The molecule has 2 unspecified atom stereocenters. The van der Waals surface area contributed by atoms with E-state index in [0.717, 1.165) is 19.4 Å². The van der Waals surface area contributed by atoms with Crippen LogP contribution in [-0.4, -0.2) is 52.8 Å². The molecule has 0 saturated heterocycles. The zero-order valence-electron chi connectivity index (χ0n) is 15.8. The highest BCUT2D eigenvalue weighted by Crippen LogP contribution is 2.31. The van der Waals surface area contributed by atoms with Crippen molar-refractivity contribution in [2.75, 3.05) is 13.1 Å². The third-order valence-corrected chi connectivity index (χ3v) is 4.02. The van der Waals surface area contributed by atoms with E-state index >= 15 is 0 Å². The van der Waals surface area contributed by atoms with Crippen LogP contribution in [0.3, 0.4) is 0 Å². The summed E-state index contributed by atoms with van der Waals surface area (Å²) in [5.41, 5.74) is -0.539. The third-order valence-electron chi connectivity index (χ3n) is 4.02. The second kappa shape index (κ2) is 9.25. The molecule has 1 rings (SSSR count). The molecule has 6 heteroatoms. The first-order valence-electron chi connectivity index (χ1n) is 9.08. The minimum absolute atomic E-state index is 0.165. The number of aliphatic carboxylic acids is 1. The lowest BCUT2D eigenvalue weighted by molar-refractivity contribution is -0.143. The molecule has 1 aliphatic rings. The first-order valence-corrected chi connectivity index (χ1v) is 9.08. The van der Waals surface area contributed by atoms with E-state index < -0.39 is 23.7 Å². The molecule has 0 aromatic heterocycles. The smallest absolute Gasteiger partial charge is 0.407 e. The van der Waals surface area contributed by atoms with Crippen LogP contribution < -0.4 is 5.32 Å². The maximum absolute atomic E-state index is 11.9. The molecule has 0 aromatic carbocycles. The van der Waals surface area contributed by atoms with Crippen molar-refractivity contribution >= 4 is 12.1 Å². The Morgan fingerprint density at radius 1 is 1.33 bits per heavy atom. The lowest BCUT2D eigenvalue weighted by Gasteiger charge is -2.32. The Bertz CT molecular complexity index is 416. The van der Waals surface area contributed by atoms with Gasteiger partial charge < -0.3 is 15.2 Å². The second-order valence-corrected chi connectivity index (χ2v) is 7.94. The van der Waals surface area contributed by atoms with E-state index in [2.05, 4.69) is 12.2 Å². The Morgan fingerprint density at radius 3 is 2.42 bits per heavy atom. The quantitative estimate of drug-likeness (QED) is 0.637. The van der Waals surface area contributed by atoms with Gasteiger partial charge in [-0.1, -0.05) is 19.8 Å². The number of nitrogens with zero attached hydrogens (tertiary/aromatic N) is 1. The minimum atomic E-state index is -0.770. The molecular weight excluding hydrogens is 308 g/mol. The fourth-order valence-electron chi connectivity index (χ4n) is 2.73. The van der Waals surface area contributed by atoms with Crippen LogP contribution in [0.4, 0.5) is 4.79 Å². The van der Waals surface area contributed by atoms with Crippen molar-refractivity contribution in [2.45, 2.75) is 84.4 Å². The molecule has 2 N–H and O–H groups in total. The molecule has 140 valence electrons. The van der Waals surface area contributed by atoms with E-state index in [9.17, 15) is 14.7 Å². The van der Waals surface area contributed by atoms with Gasteiger partial charge in [0, 0.05) is 19.1 Å². The van der Waals surface area contributed by atoms with E-state index in [1.807, 2.05) is 32.6 Å². The fourth-order valence-corrected chi connectivity index (χ4v) is 2.73. The van der Waals surface area contributed by atoms with Crippen LogP contribution in [0.15, 0.2) is 0 Å². The van der Waals surface area contributed by atoms with E-state index in [1.165, 1.54) is 12.8 Å². The summed E-state index contributed by atoms with van der Waals surface area (Å²) in [5.74, 6) is -0.171. The predicted octanol–water partition coefficient (Wildman–Crippen LogP) is 3.26. The standard InChI is InChI=1S/C18H34N2O4/c1-6-7-8-15(16(21)22)20(12-14-9-10-14)11-13(2)19-17(23)24-18(3,4)5/h13-15H,6-12H2,1-5H3,(H,19,23)(H,21,22). The monoisotopic (exact) mass is 342 g/mol. The normalized spacial score (nSPS) is 17.4. The average Bonchev–Trinajstić information content (AvgIpc) is 3.19. The number of carbonyl (C=O) groups excluding carboxylic acids is 1. The average molecular weight is 342 g/mol. The third kappa shape index (κ3) is 8.52. The van der Waals surface area contributed by atoms with Gasteiger partial charge in [-0.15, -0.1) is 0 Å². The van der Waals surface area contributed by atoms with Gasteiger partial charge in [0.15, 0.2) is 0 Å². The van der Waals surface area contributed by atoms with Crippen LogP contribution in [-0.2, 0) is 9.53 Å². The Hall–Kier alpha value is -1.30. The van der Waals surface area contributed by atoms with Crippen LogP contribution in [0.2, 0.25) is 0 Å². The molecular formula is C18H34N2O4. The number of carboxylic acid groups (broad SMARTS) is 1. The van der Waals surface area contributed by atoms with Crippen LogP contribution >= 0.6 is 0 Å². The summed E-state index contributed by atoms with van der Waals surface area (Å²) in [6.45, 7) is 10.7. The Kier molecular flexibility index (Phi) is 8.00. The number of alkyl carbamates (subject to hydrolysis) is 1. The highest BCUT2D eigenvalue weighted by Gasteiger charge is 2.32. The maximum atomic E-state index is 11.9. The number of carbonyl (C=O) groups is 2. The molecule has 0 aliphatic heterocycles. The highest BCUT2D eigenvalue weighted by molar-refractivity contribution is 5.73. The van der Waals surface area contributed by atoms with Gasteiger partial charge >= 0.3 is 12.1 Å². The summed E-state index contributed by atoms with van der Waals surface area (Å²) in [6, 6.07) is -0.643. The summed E-state index contributed by atoms with van der Waals surface area (Å²) in [7, 11) is 0. The number of unbranched alkanes of at least 4 members (excludes halogenated alkanes) is 1. The lowest BCUT2D eigenvalue weighted by Crippen LogP contribution is -2.50. The highest BCUT2D eigenvalue weighted by atomic mass is 16.6. The molecule has 0 radical (unpaired) electrons. The van der Waals surface area contributed by atoms with Gasteiger partial charge in [0.05, 0.1) is 0 Å². The number of hydrogen-bond acceptors (Lipinski definition) is 4. The molecule has 1 amide bonds. The van der Waals surface area contributed by atoms with Crippen LogP contribution in [0, 0.1) is 5.92 Å². The second-order valence-electron chi connectivity index (χ2n) is 7.94. The van der Waals surface area contributed by atoms with Crippen molar-refractivity contribution in [3.63, 3.8) is 0 Å².